The number of hydrogen-bond acceptors (Lipinski definition) is 3. The SMILES string of the molecule is CCCCCCCc1cnc(-c2ccc(CCCCCCCCCC3CC3)nc2)cn1. The van der Waals surface area contributed by atoms with E-state index in [9.17, 15) is 0 Å². The molecule has 0 spiro atoms. The predicted molar refractivity (Wildman–Crippen MR) is 131 cm³/mol. The van der Waals surface area contributed by atoms with Crippen LogP contribution in [0, 0.1) is 5.92 Å². The van der Waals surface area contributed by atoms with Crippen molar-refractivity contribution in [3.63, 3.8) is 0 Å². The Hall–Kier alpha value is -1.77. The fourth-order valence-corrected chi connectivity index (χ4v) is 4.30. The molecule has 0 amide bonds. The number of unbranched alkanes of at least 4 members (excludes halogenated alkanes) is 10. The van der Waals surface area contributed by atoms with Crippen molar-refractivity contribution in [2.75, 3.05) is 0 Å². The van der Waals surface area contributed by atoms with E-state index in [1.54, 1.807) is 0 Å². The highest BCUT2D eigenvalue weighted by molar-refractivity contribution is 5.56. The molecule has 1 aliphatic rings. The van der Waals surface area contributed by atoms with Crippen LogP contribution >= 0.6 is 0 Å². The van der Waals surface area contributed by atoms with Gasteiger partial charge in [0.15, 0.2) is 0 Å². The summed E-state index contributed by atoms with van der Waals surface area (Å²) in [7, 11) is 0. The molecule has 2 heterocycles. The zero-order valence-corrected chi connectivity index (χ0v) is 19.8. The van der Waals surface area contributed by atoms with Gasteiger partial charge in [-0.3, -0.25) is 15.0 Å². The van der Waals surface area contributed by atoms with E-state index < -0.39 is 0 Å². The van der Waals surface area contributed by atoms with Crippen LogP contribution in [-0.2, 0) is 12.8 Å². The van der Waals surface area contributed by atoms with Gasteiger partial charge in [0.1, 0.15) is 0 Å². The minimum absolute atomic E-state index is 0.926. The molecule has 0 saturated heterocycles. The highest BCUT2D eigenvalue weighted by Gasteiger charge is 2.19. The second kappa shape index (κ2) is 14.3. The molecular weight excluding hydrogens is 378 g/mol. The van der Waals surface area contributed by atoms with Crippen LogP contribution in [0.15, 0.2) is 30.7 Å². The van der Waals surface area contributed by atoms with Crippen molar-refractivity contribution in [2.45, 2.75) is 116 Å². The lowest BCUT2D eigenvalue weighted by Crippen LogP contribution is -1.95. The van der Waals surface area contributed by atoms with Crippen LogP contribution in [0.1, 0.15) is 115 Å². The number of aromatic nitrogens is 3. The fourth-order valence-electron chi connectivity index (χ4n) is 4.30. The molecule has 2 aromatic rings. The van der Waals surface area contributed by atoms with Crippen molar-refractivity contribution in [3.05, 3.63) is 42.1 Å². The molecule has 3 heteroatoms. The van der Waals surface area contributed by atoms with Gasteiger partial charge in [0.2, 0.25) is 0 Å². The first kappa shape index (κ1) is 23.9. The molecule has 2 aromatic heterocycles. The van der Waals surface area contributed by atoms with Gasteiger partial charge in [-0.15, -0.1) is 0 Å². The zero-order valence-electron chi connectivity index (χ0n) is 19.8. The minimum Gasteiger partial charge on any atom is -0.261 e. The van der Waals surface area contributed by atoms with E-state index in [-0.39, 0.29) is 0 Å². The molecule has 31 heavy (non-hydrogen) atoms. The first-order chi connectivity index (χ1) is 15.3. The Labute approximate surface area is 190 Å². The van der Waals surface area contributed by atoms with Crippen molar-refractivity contribution in [1.29, 1.82) is 0 Å². The van der Waals surface area contributed by atoms with Gasteiger partial charge < -0.3 is 0 Å². The van der Waals surface area contributed by atoms with Crippen molar-refractivity contribution in [2.24, 2.45) is 5.92 Å². The second-order valence-electron chi connectivity index (χ2n) is 9.55. The first-order valence-corrected chi connectivity index (χ1v) is 13.1. The molecular formula is C28H43N3. The summed E-state index contributed by atoms with van der Waals surface area (Å²) in [5, 5.41) is 0. The number of aryl methyl sites for hydroxylation is 2. The molecule has 0 atom stereocenters. The quantitative estimate of drug-likeness (QED) is 0.242. The standard InChI is InChI=1S/C28H43N3/c1-2-3-4-8-13-16-27-22-31-28(23-30-27)25-19-20-26(29-21-25)15-12-10-7-5-6-9-11-14-24-17-18-24/h19-24H,2-18H2,1H3. The minimum atomic E-state index is 0.926. The predicted octanol–water partition coefficient (Wildman–Crippen LogP) is 8.12. The van der Waals surface area contributed by atoms with Gasteiger partial charge in [-0.05, 0) is 43.7 Å². The van der Waals surface area contributed by atoms with Crippen LogP contribution in [0.4, 0.5) is 0 Å². The molecule has 0 aromatic carbocycles. The van der Waals surface area contributed by atoms with E-state index in [0.29, 0.717) is 0 Å². The molecule has 1 fully saturated rings. The molecule has 0 unspecified atom stereocenters. The summed E-state index contributed by atoms with van der Waals surface area (Å²) in [6, 6.07) is 4.31. The lowest BCUT2D eigenvalue weighted by atomic mass is 10.0. The third-order valence-electron chi connectivity index (χ3n) is 6.60. The largest absolute Gasteiger partial charge is 0.261 e. The molecule has 0 bridgehead atoms. The molecule has 3 nitrogen and oxygen atoms in total. The van der Waals surface area contributed by atoms with E-state index >= 15 is 0 Å². The molecule has 0 N–H and O–H groups in total. The summed E-state index contributed by atoms with van der Waals surface area (Å²) in [5.74, 6) is 1.11. The molecule has 1 aliphatic carbocycles. The first-order valence-electron chi connectivity index (χ1n) is 13.1. The Bertz CT molecular complexity index is 704. The van der Waals surface area contributed by atoms with Gasteiger partial charge >= 0.3 is 0 Å². The smallest absolute Gasteiger partial charge is 0.0900 e. The van der Waals surface area contributed by atoms with Gasteiger partial charge in [0.05, 0.1) is 17.6 Å². The van der Waals surface area contributed by atoms with Crippen LogP contribution in [0.2, 0.25) is 0 Å². The third kappa shape index (κ3) is 9.93. The van der Waals surface area contributed by atoms with Crippen LogP contribution in [0.3, 0.4) is 0 Å². The molecule has 3 rings (SSSR count). The second-order valence-corrected chi connectivity index (χ2v) is 9.55. The molecule has 170 valence electrons. The normalized spacial score (nSPS) is 13.6. The summed E-state index contributed by atoms with van der Waals surface area (Å²) in [4.78, 5) is 13.9. The van der Waals surface area contributed by atoms with Crippen LogP contribution in [-0.4, -0.2) is 15.0 Å². The summed E-state index contributed by atoms with van der Waals surface area (Å²) in [6.45, 7) is 2.25. The van der Waals surface area contributed by atoms with E-state index in [1.165, 1.54) is 102 Å². The Balaban J connectivity index is 1.27. The van der Waals surface area contributed by atoms with Crippen molar-refractivity contribution in [1.82, 2.24) is 15.0 Å². The Morgan fingerprint density at radius 3 is 1.90 bits per heavy atom. The average molecular weight is 422 g/mol. The Morgan fingerprint density at radius 1 is 0.645 bits per heavy atom. The van der Waals surface area contributed by atoms with E-state index in [0.717, 1.165) is 35.7 Å². The third-order valence-corrected chi connectivity index (χ3v) is 6.60. The van der Waals surface area contributed by atoms with E-state index in [1.807, 2.05) is 18.6 Å². The number of hydrogen-bond donors (Lipinski definition) is 0. The molecule has 1 saturated carbocycles. The lowest BCUT2D eigenvalue weighted by molar-refractivity contribution is 0.552. The van der Waals surface area contributed by atoms with Gasteiger partial charge in [-0.2, -0.15) is 0 Å². The van der Waals surface area contributed by atoms with Gasteiger partial charge in [-0.1, -0.05) is 90.4 Å². The van der Waals surface area contributed by atoms with Crippen LogP contribution < -0.4 is 0 Å². The summed E-state index contributed by atoms with van der Waals surface area (Å²) in [5.41, 5.74) is 4.30. The summed E-state index contributed by atoms with van der Waals surface area (Å²) >= 11 is 0. The Kier molecular flexibility index (Phi) is 11.0. The molecule has 0 aliphatic heterocycles. The highest BCUT2D eigenvalue weighted by Crippen LogP contribution is 2.34. The monoisotopic (exact) mass is 421 g/mol. The van der Waals surface area contributed by atoms with Gasteiger partial charge in [0, 0.05) is 23.7 Å². The number of nitrogens with zero attached hydrogens (tertiary/aromatic N) is 3. The summed E-state index contributed by atoms with van der Waals surface area (Å²) < 4.78 is 0. The fraction of sp³-hybridized carbons (Fsp3) is 0.679. The maximum absolute atomic E-state index is 4.67. The van der Waals surface area contributed by atoms with Crippen LogP contribution in [0.25, 0.3) is 11.3 Å². The average Bonchev–Trinajstić information content (AvgIpc) is 3.63. The zero-order chi connectivity index (χ0) is 21.6. The Morgan fingerprint density at radius 2 is 1.29 bits per heavy atom. The van der Waals surface area contributed by atoms with Gasteiger partial charge in [0.25, 0.3) is 0 Å². The number of pyridine rings is 1. The lowest BCUT2D eigenvalue weighted by Gasteiger charge is -2.05. The molecule has 0 radical (unpaired) electrons. The van der Waals surface area contributed by atoms with E-state index in [2.05, 4.69) is 34.0 Å². The van der Waals surface area contributed by atoms with Crippen molar-refractivity contribution in [3.8, 4) is 11.3 Å². The maximum atomic E-state index is 4.67. The van der Waals surface area contributed by atoms with Crippen molar-refractivity contribution < 1.29 is 0 Å². The maximum Gasteiger partial charge on any atom is 0.0900 e. The van der Waals surface area contributed by atoms with Gasteiger partial charge in [-0.25, -0.2) is 0 Å². The van der Waals surface area contributed by atoms with Crippen molar-refractivity contribution >= 4 is 0 Å². The van der Waals surface area contributed by atoms with Crippen LogP contribution in [0.5, 0.6) is 0 Å². The summed E-state index contributed by atoms with van der Waals surface area (Å²) in [6.07, 6.45) is 28.6. The number of rotatable bonds is 17. The van der Waals surface area contributed by atoms with E-state index in [4.69, 9.17) is 0 Å². The topological polar surface area (TPSA) is 38.7 Å². The highest BCUT2D eigenvalue weighted by atomic mass is 14.8.